The van der Waals surface area contributed by atoms with E-state index in [4.69, 9.17) is 23.6 Å². The van der Waals surface area contributed by atoms with E-state index in [0.717, 1.165) is 61.5 Å². The number of rotatable bonds is 15. The molecule has 2 amide bonds. The lowest BCUT2D eigenvalue weighted by molar-refractivity contribution is -0.245. The van der Waals surface area contributed by atoms with Crippen LogP contribution in [0.5, 0.6) is 0 Å². The summed E-state index contributed by atoms with van der Waals surface area (Å²) in [6.45, 7) is 0.207. The van der Waals surface area contributed by atoms with Gasteiger partial charge in [-0.05, 0) is 45.5 Å². The first-order valence-electron chi connectivity index (χ1n) is 20.5. The number of nitrogens with zero attached hydrogens (tertiary/aromatic N) is 1. The van der Waals surface area contributed by atoms with Crippen LogP contribution in [0, 0.1) is 0 Å². The molecule has 1 aromatic heterocycles. The number of carbonyl (C=O) groups excluding carboxylic acids is 2. The third-order valence-electron chi connectivity index (χ3n) is 10.6. The van der Waals surface area contributed by atoms with Crippen molar-refractivity contribution in [1.82, 2.24) is 15.6 Å². The summed E-state index contributed by atoms with van der Waals surface area (Å²) in [4.78, 5) is 30.4. The van der Waals surface area contributed by atoms with Crippen LogP contribution in [0.25, 0.3) is 33.7 Å². The third kappa shape index (κ3) is 10.7. The highest BCUT2D eigenvalue weighted by molar-refractivity contribution is 7.99. The maximum atomic E-state index is 13.0. The van der Waals surface area contributed by atoms with Gasteiger partial charge in [0.2, 0.25) is 0 Å². The van der Waals surface area contributed by atoms with Crippen molar-refractivity contribution in [2.24, 2.45) is 0 Å². The lowest BCUT2D eigenvalue weighted by atomic mass is 9.99. The summed E-state index contributed by atoms with van der Waals surface area (Å²) in [7, 11) is 1.31. The van der Waals surface area contributed by atoms with Gasteiger partial charge in [0.25, 0.3) is 5.22 Å². The van der Waals surface area contributed by atoms with Crippen LogP contribution >= 0.6 is 11.8 Å². The average Bonchev–Trinajstić information content (AvgIpc) is 3.78. The number of aliphatic hydroxyl groups is 1. The number of carbonyl (C=O) groups is 2. The fourth-order valence-corrected chi connectivity index (χ4v) is 8.27. The summed E-state index contributed by atoms with van der Waals surface area (Å²) < 4.78 is 24.8. The molecule has 0 aliphatic carbocycles. The molecular weight excluding hydrogens is 799 g/mol. The average molecular weight is 846 g/mol. The lowest BCUT2D eigenvalue weighted by Gasteiger charge is -2.36. The molecule has 1 aliphatic heterocycles. The Labute approximate surface area is 365 Å². The van der Waals surface area contributed by atoms with Crippen molar-refractivity contribution in [3.63, 3.8) is 0 Å². The van der Waals surface area contributed by atoms with Crippen molar-refractivity contribution in [1.29, 1.82) is 0 Å². The van der Waals surface area contributed by atoms with Crippen LogP contribution in [-0.4, -0.2) is 47.1 Å². The highest BCUT2D eigenvalue weighted by Crippen LogP contribution is 2.41. The Morgan fingerprint density at radius 1 is 0.726 bits per heavy atom. The van der Waals surface area contributed by atoms with Crippen molar-refractivity contribution >= 4 is 23.8 Å². The van der Waals surface area contributed by atoms with Gasteiger partial charge in [0.05, 0.1) is 25.9 Å². The number of oxazole rings is 1. The first kappa shape index (κ1) is 42.2. The molecule has 0 saturated carbocycles. The second-order valence-electron chi connectivity index (χ2n) is 15.0. The molecule has 8 rings (SSSR count). The van der Waals surface area contributed by atoms with E-state index >= 15 is 0 Å². The van der Waals surface area contributed by atoms with Crippen LogP contribution in [-0.2, 0) is 38.6 Å². The summed E-state index contributed by atoms with van der Waals surface area (Å²) in [5.41, 5.74) is 9.11. The zero-order valence-electron chi connectivity index (χ0n) is 34.2. The van der Waals surface area contributed by atoms with Gasteiger partial charge in [0, 0.05) is 41.8 Å². The fourth-order valence-electron chi connectivity index (χ4n) is 7.43. The molecule has 6 aromatic carbocycles. The molecule has 62 heavy (non-hydrogen) atoms. The third-order valence-corrected chi connectivity index (χ3v) is 11.6. The highest BCUT2D eigenvalue weighted by Gasteiger charge is 2.33. The minimum atomic E-state index is -0.833. The minimum absolute atomic E-state index is 0.0369. The summed E-state index contributed by atoms with van der Waals surface area (Å²) >= 11 is 1.52. The van der Waals surface area contributed by atoms with Gasteiger partial charge in [-0.15, -0.1) is 0 Å². The van der Waals surface area contributed by atoms with E-state index in [1.165, 1.54) is 18.9 Å². The smallest absolute Gasteiger partial charge is 0.328 e. The van der Waals surface area contributed by atoms with Crippen LogP contribution in [0.3, 0.4) is 0 Å². The number of hydrogen-bond acceptors (Lipinski definition) is 9. The van der Waals surface area contributed by atoms with Crippen molar-refractivity contribution in [2.45, 2.75) is 55.8 Å². The van der Waals surface area contributed by atoms with Gasteiger partial charge in [0.15, 0.2) is 12.1 Å². The molecule has 0 spiro atoms. The monoisotopic (exact) mass is 845 g/mol. The van der Waals surface area contributed by atoms with Crippen molar-refractivity contribution in [2.75, 3.05) is 12.9 Å². The molecule has 1 aliphatic rings. The number of hydrogen-bond donors (Lipinski definition) is 3. The summed E-state index contributed by atoms with van der Waals surface area (Å²) in [6.07, 6.45) is -0.247. The quantitative estimate of drug-likeness (QED) is 0.0682. The zero-order valence-corrected chi connectivity index (χ0v) is 35.0. The van der Waals surface area contributed by atoms with Crippen LogP contribution in [0.2, 0.25) is 0 Å². The van der Waals surface area contributed by atoms with E-state index in [1.807, 2.05) is 158 Å². The Morgan fingerprint density at radius 3 is 2.08 bits per heavy atom. The second-order valence-corrected chi connectivity index (χ2v) is 15.9. The number of nitrogens with one attached hydrogen (secondary N) is 2. The number of urea groups is 1. The number of amides is 2. The maximum Gasteiger partial charge on any atom is 0.328 e. The largest absolute Gasteiger partial charge is 0.467 e. The maximum absolute atomic E-state index is 13.0. The molecule has 4 atom stereocenters. The van der Waals surface area contributed by atoms with E-state index < -0.39 is 24.3 Å². The summed E-state index contributed by atoms with van der Waals surface area (Å²) in [5, 5.41) is 15.9. The minimum Gasteiger partial charge on any atom is -0.467 e. The molecule has 3 N–H and O–H groups in total. The van der Waals surface area contributed by atoms with Gasteiger partial charge in [-0.1, -0.05) is 163 Å². The first-order valence-corrected chi connectivity index (χ1v) is 21.5. The van der Waals surface area contributed by atoms with Crippen LogP contribution in [0.1, 0.15) is 46.6 Å². The van der Waals surface area contributed by atoms with Gasteiger partial charge in [0.1, 0.15) is 11.7 Å². The molecule has 0 radical (unpaired) electrons. The number of methoxy groups -OCH3 is 1. The van der Waals surface area contributed by atoms with Gasteiger partial charge < -0.3 is 34.4 Å². The SMILES string of the molecule is COC(=O)[C@H](Cc1ccccc1)NC(=O)NCc1cccc(-c2cccc([C@@H]3O[C@H](CSc4nc(-c5ccccc5)c(-c5ccccc5)o4)C[C@H](c4ccc(CO)cc4)O3)c2)c1. The second kappa shape index (κ2) is 20.4. The number of aliphatic hydroxyl groups excluding tert-OH is 1. The van der Waals surface area contributed by atoms with Gasteiger partial charge >= 0.3 is 12.0 Å². The van der Waals surface area contributed by atoms with Gasteiger partial charge in [-0.2, -0.15) is 0 Å². The molecule has 314 valence electrons. The Bertz CT molecular complexity index is 2500. The van der Waals surface area contributed by atoms with E-state index in [2.05, 4.69) is 16.7 Å². The molecule has 11 heteroatoms. The molecule has 0 unspecified atom stereocenters. The predicted molar refractivity (Wildman–Crippen MR) is 240 cm³/mol. The van der Waals surface area contributed by atoms with Crippen LogP contribution in [0.15, 0.2) is 173 Å². The van der Waals surface area contributed by atoms with E-state index in [0.29, 0.717) is 23.8 Å². The number of esters is 1. The molecule has 1 saturated heterocycles. The Balaban J connectivity index is 0.979. The molecule has 7 aromatic rings. The molecule has 0 bridgehead atoms. The molecule has 10 nitrogen and oxygen atoms in total. The number of thioether (sulfide) groups is 1. The zero-order chi connectivity index (χ0) is 42.7. The van der Waals surface area contributed by atoms with Crippen LogP contribution in [0.4, 0.5) is 4.79 Å². The standard InChI is InChI=1S/C51H47N3O7S/c1-58-48(56)44(28-34-13-5-2-6-14-34)53-50(57)52-31-36-15-11-20-40(27-36)41-21-12-22-42(29-41)49-59-43(30-45(60-49)37-25-23-35(32-55)24-26-37)33-62-51-54-46(38-16-7-3-8-17-38)47(61-51)39-18-9-4-10-19-39/h2-27,29,43-45,49,55H,28,30-33H2,1H3,(H2,52,53,57)/t43-,44-,45+,49+/m0/s1. The number of aromatic nitrogens is 1. The molecule has 1 fully saturated rings. The highest BCUT2D eigenvalue weighted by atomic mass is 32.2. The van der Waals surface area contributed by atoms with E-state index in [1.54, 1.807) is 0 Å². The van der Waals surface area contributed by atoms with Crippen LogP contribution < -0.4 is 10.6 Å². The Kier molecular flexibility index (Phi) is 13.9. The van der Waals surface area contributed by atoms with Crippen molar-refractivity contribution in [3.05, 3.63) is 192 Å². The van der Waals surface area contributed by atoms with Crippen molar-refractivity contribution < 1.29 is 33.3 Å². The predicted octanol–water partition coefficient (Wildman–Crippen LogP) is 10.1. The molecular formula is C51H47N3O7S. The first-order chi connectivity index (χ1) is 30.4. The lowest BCUT2D eigenvalue weighted by Crippen LogP contribution is -2.47. The van der Waals surface area contributed by atoms with Crippen molar-refractivity contribution in [3.8, 4) is 33.7 Å². The number of benzene rings is 6. The summed E-state index contributed by atoms with van der Waals surface area (Å²) in [5.74, 6) is 0.776. The Morgan fingerprint density at radius 2 is 1.37 bits per heavy atom. The van der Waals surface area contributed by atoms with E-state index in [-0.39, 0.29) is 25.4 Å². The van der Waals surface area contributed by atoms with Gasteiger partial charge in [-0.25, -0.2) is 14.6 Å². The summed E-state index contributed by atoms with van der Waals surface area (Å²) in [6, 6.07) is 52.1. The molecule has 2 heterocycles. The normalized spacial score (nSPS) is 16.6. The number of ether oxygens (including phenoxy) is 3. The topological polar surface area (TPSA) is 132 Å². The Hall–Kier alpha value is -6.50. The van der Waals surface area contributed by atoms with E-state index in [9.17, 15) is 14.7 Å². The fraction of sp³-hybridized carbons (Fsp3) is 0.196. The van der Waals surface area contributed by atoms with Gasteiger partial charge in [-0.3, -0.25) is 0 Å².